The lowest BCUT2D eigenvalue weighted by Crippen LogP contribution is -2.19. The molecule has 84 valence electrons. The highest BCUT2D eigenvalue weighted by Gasteiger charge is 2.36. The SMILES string of the molecule is OC(c1cnc(C(F)(F)F)s1)C1CCC1. The fraction of sp³-hybridized carbons (Fsp3) is 0.667. The maximum atomic E-state index is 12.2. The Bertz CT molecular complexity index is 345. The predicted octanol–water partition coefficient (Wildman–Crippen LogP) is 3.00. The van der Waals surface area contributed by atoms with Gasteiger partial charge in [0.25, 0.3) is 0 Å². The van der Waals surface area contributed by atoms with Gasteiger partial charge in [-0.3, -0.25) is 0 Å². The normalized spacial score (nSPS) is 20.0. The van der Waals surface area contributed by atoms with Crippen LogP contribution in [0.4, 0.5) is 13.2 Å². The molecule has 0 aromatic carbocycles. The topological polar surface area (TPSA) is 33.1 Å². The van der Waals surface area contributed by atoms with Crippen LogP contribution in [0.15, 0.2) is 6.20 Å². The molecular weight excluding hydrogens is 227 g/mol. The summed E-state index contributed by atoms with van der Waals surface area (Å²) < 4.78 is 36.7. The third-order valence-corrected chi connectivity index (χ3v) is 3.77. The van der Waals surface area contributed by atoms with Crippen molar-refractivity contribution in [3.63, 3.8) is 0 Å². The minimum absolute atomic E-state index is 0.117. The van der Waals surface area contributed by atoms with Gasteiger partial charge in [-0.25, -0.2) is 4.98 Å². The van der Waals surface area contributed by atoms with Crippen LogP contribution in [0.2, 0.25) is 0 Å². The van der Waals surface area contributed by atoms with Crippen molar-refractivity contribution in [1.82, 2.24) is 4.98 Å². The van der Waals surface area contributed by atoms with Crippen LogP contribution in [0.25, 0.3) is 0 Å². The first-order valence-corrected chi connectivity index (χ1v) is 5.51. The van der Waals surface area contributed by atoms with E-state index in [1.165, 1.54) is 0 Å². The first kappa shape index (κ1) is 10.9. The summed E-state index contributed by atoms with van der Waals surface area (Å²) in [6.45, 7) is 0. The Morgan fingerprint density at radius 2 is 2.13 bits per heavy atom. The molecule has 0 spiro atoms. The van der Waals surface area contributed by atoms with Crippen molar-refractivity contribution < 1.29 is 18.3 Å². The smallest absolute Gasteiger partial charge is 0.387 e. The second-order valence-corrected chi connectivity index (χ2v) is 4.76. The number of nitrogens with zero attached hydrogens (tertiary/aromatic N) is 1. The van der Waals surface area contributed by atoms with E-state index in [4.69, 9.17) is 0 Å². The summed E-state index contributed by atoms with van der Waals surface area (Å²) in [5.41, 5.74) is 0. The lowest BCUT2D eigenvalue weighted by molar-refractivity contribution is -0.137. The Hall–Kier alpha value is -0.620. The summed E-state index contributed by atoms with van der Waals surface area (Å²) in [5, 5.41) is 8.84. The zero-order valence-corrected chi connectivity index (χ0v) is 8.61. The summed E-state index contributed by atoms with van der Waals surface area (Å²) in [4.78, 5) is 3.61. The van der Waals surface area contributed by atoms with Crippen molar-refractivity contribution >= 4 is 11.3 Å². The number of hydrogen-bond acceptors (Lipinski definition) is 3. The molecule has 0 amide bonds. The molecule has 0 aliphatic heterocycles. The summed E-state index contributed by atoms with van der Waals surface area (Å²) >= 11 is 0.539. The molecule has 2 rings (SSSR count). The van der Waals surface area contributed by atoms with Crippen LogP contribution in [0.1, 0.15) is 35.3 Å². The highest BCUT2D eigenvalue weighted by molar-refractivity contribution is 7.11. The molecule has 1 N–H and O–H groups in total. The zero-order chi connectivity index (χ0) is 11.1. The molecule has 1 saturated carbocycles. The number of aromatic nitrogens is 1. The minimum Gasteiger partial charge on any atom is -0.387 e. The van der Waals surface area contributed by atoms with Gasteiger partial charge in [0.2, 0.25) is 0 Å². The Balaban J connectivity index is 2.12. The maximum absolute atomic E-state index is 12.2. The number of thiazole rings is 1. The van der Waals surface area contributed by atoms with E-state index in [1.807, 2.05) is 0 Å². The van der Waals surface area contributed by atoms with E-state index in [-0.39, 0.29) is 5.92 Å². The van der Waals surface area contributed by atoms with Crippen LogP contribution < -0.4 is 0 Å². The van der Waals surface area contributed by atoms with E-state index >= 15 is 0 Å². The van der Waals surface area contributed by atoms with E-state index < -0.39 is 17.3 Å². The molecule has 1 aliphatic carbocycles. The molecule has 0 bridgehead atoms. The summed E-state index contributed by atoms with van der Waals surface area (Å²) in [5.74, 6) is 0.117. The monoisotopic (exact) mass is 237 g/mol. The summed E-state index contributed by atoms with van der Waals surface area (Å²) in [7, 11) is 0. The Morgan fingerprint density at radius 3 is 2.53 bits per heavy atom. The molecule has 2 nitrogen and oxygen atoms in total. The van der Waals surface area contributed by atoms with Crippen LogP contribution in [-0.4, -0.2) is 10.1 Å². The molecule has 1 heterocycles. The van der Waals surface area contributed by atoms with Crippen LogP contribution in [0.5, 0.6) is 0 Å². The standard InChI is InChI=1S/C9H10F3NOS/c10-9(11,12)8-13-4-6(15-8)7(14)5-2-1-3-5/h4-5,7,14H,1-3H2. The molecule has 1 aromatic heterocycles. The van der Waals surface area contributed by atoms with Crippen molar-refractivity contribution in [3.8, 4) is 0 Å². The Labute approximate surface area is 88.8 Å². The van der Waals surface area contributed by atoms with E-state index in [2.05, 4.69) is 4.98 Å². The first-order valence-electron chi connectivity index (χ1n) is 4.69. The molecule has 0 radical (unpaired) electrons. The number of aliphatic hydroxyl groups is 1. The van der Waals surface area contributed by atoms with Crippen molar-refractivity contribution in [1.29, 1.82) is 0 Å². The second kappa shape index (κ2) is 3.75. The van der Waals surface area contributed by atoms with Gasteiger partial charge in [0.15, 0.2) is 5.01 Å². The van der Waals surface area contributed by atoms with Crippen LogP contribution in [-0.2, 0) is 6.18 Å². The number of rotatable bonds is 2. The van der Waals surface area contributed by atoms with Gasteiger partial charge in [0.1, 0.15) is 0 Å². The Morgan fingerprint density at radius 1 is 1.47 bits per heavy atom. The maximum Gasteiger partial charge on any atom is 0.443 e. The minimum atomic E-state index is -4.40. The number of hydrogen-bond donors (Lipinski definition) is 1. The van der Waals surface area contributed by atoms with E-state index in [9.17, 15) is 18.3 Å². The molecule has 6 heteroatoms. The number of aliphatic hydroxyl groups excluding tert-OH is 1. The van der Waals surface area contributed by atoms with Crippen molar-refractivity contribution in [3.05, 3.63) is 16.1 Å². The predicted molar refractivity (Wildman–Crippen MR) is 49.4 cm³/mol. The lowest BCUT2D eigenvalue weighted by atomic mass is 9.81. The highest BCUT2D eigenvalue weighted by atomic mass is 32.1. The quantitative estimate of drug-likeness (QED) is 0.857. The van der Waals surface area contributed by atoms with E-state index in [1.54, 1.807) is 0 Å². The average Bonchev–Trinajstić information content (AvgIpc) is 2.46. The molecule has 1 unspecified atom stereocenters. The second-order valence-electron chi connectivity index (χ2n) is 3.70. The molecule has 1 aromatic rings. The Kier molecular flexibility index (Phi) is 2.72. The number of alkyl halides is 3. The van der Waals surface area contributed by atoms with Crippen LogP contribution in [0, 0.1) is 5.92 Å². The third-order valence-electron chi connectivity index (χ3n) is 2.65. The van der Waals surface area contributed by atoms with E-state index in [0.717, 1.165) is 25.5 Å². The number of halogens is 3. The zero-order valence-electron chi connectivity index (χ0n) is 7.79. The lowest BCUT2D eigenvalue weighted by Gasteiger charge is -2.29. The largest absolute Gasteiger partial charge is 0.443 e. The summed E-state index contributed by atoms with van der Waals surface area (Å²) in [6, 6.07) is 0. The van der Waals surface area contributed by atoms with Crippen molar-refractivity contribution in [2.75, 3.05) is 0 Å². The fourth-order valence-corrected chi connectivity index (χ4v) is 2.41. The van der Waals surface area contributed by atoms with Gasteiger partial charge in [-0.15, -0.1) is 11.3 Å². The molecule has 0 saturated heterocycles. The molecular formula is C9H10F3NOS. The van der Waals surface area contributed by atoms with Crippen molar-refractivity contribution in [2.45, 2.75) is 31.5 Å². The van der Waals surface area contributed by atoms with Gasteiger partial charge in [-0.05, 0) is 18.8 Å². The molecule has 1 fully saturated rings. The van der Waals surface area contributed by atoms with Crippen molar-refractivity contribution in [2.24, 2.45) is 5.92 Å². The average molecular weight is 237 g/mol. The van der Waals surface area contributed by atoms with Gasteiger partial charge in [-0.1, -0.05) is 6.42 Å². The highest BCUT2D eigenvalue weighted by Crippen LogP contribution is 2.41. The molecule has 1 atom stereocenters. The first-order chi connectivity index (χ1) is 6.98. The molecule has 1 aliphatic rings. The summed E-state index contributed by atoms with van der Waals surface area (Å²) in [6.07, 6.45) is -1.21. The van der Waals surface area contributed by atoms with Gasteiger partial charge in [-0.2, -0.15) is 13.2 Å². The fourth-order valence-electron chi connectivity index (χ4n) is 1.54. The van der Waals surface area contributed by atoms with E-state index in [0.29, 0.717) is 16.2 Å². The van der Waals surface area contributed by atoms with Gasteiger partial charge < -0.3 is 5.11 Å². The molecule has 15 heavy (non-hydrogen) atoms. The third kappa shape index (κ3) is 2.15. The van der Waals surface area contributed by atoms with Gasteiger partial charge in [0, 0.05) is 6.20 Å². The van der Waals surface area contributed by atoms with Gasteiger partial charge in [0.05, 0.1) is 11.0 Å². The van der Waals surface area contributed by atoms with Gasteiger partial charge >= 0.3 is 6.18 Å². The van der Waals surface area contributed by atoms with Crippen LogP contribution >= 0.6 is 11.3 Å². The van der Waals surface area contributed by atoms with Crippen LogP contribution in [0.3, 0.4) is 0 Å².